The molecule has 1 fully saturated rings. The van der Waals surface area contributed by atoms with Gasteiger partial charge in [-0.05, 0) is 19.1 Å². The van der Waals surface area contributed by atoms with Gasteiger partial charge in [0.05, 0.1) is 19.3 Å². The number of hydrogen-bond acceptors (Lipinski definition) is 4. The molecule has 0 aromatic heterocycles. The SMILES string of the molecule is CC1COC(CO)CN1Cc1ccc(C#CCO)cc1F. The normalized spacial score (nSPS) is 22.7. The van der Waals surface area contributed by atoms with Gasteiger partial charge in [-0.15, -0.1) is 0 Å². The Bertz CT molecular complexity index is 538. The maximum Gasteiger partial charge on any atom is 0.128 e. The monoisotopic (exact) mass is 293 g/mol. The molecule has 0 amide bonds. The molecule has 0 spiro atoms. The van der Waals surface area contributed by atoms with Crippen LogP contribution in [0.4, 0.5) is 4.39 Å². The van der Waals surface area contributed by atoms with E-state index in [4.69, 9.17) is 9.84 Å². The molecular formula is C16H20FNO3. The van der Waals surface area contributed by atoms with Gasteiger partial charge in [-0.25, -0.2) is 4.39 Å². The third kappa shape index (κ3) is 4.26. The van der Waals surface area contributed by atoms with Gasteiger partial charge in [0.2, 0.25) is 0 Å². The number of ether oxygens (including phenoxy) is 1. The van der Waals surface area contributed by atoms with Crippen molar-refractivity contribution in [2.45, 2.75) is 25.6 Å². The predicted molar refractivity (Wildman–Crippen MR) is 77.1 cm³/mol. The summed E-state index contributed by atoms with van der Waals surface area (Å²) in [6.07, 6.45) is -0.209. The van der Waals surface area contributed by atoms with E-state index < -0.39 is 0 Å². The van der Waals surface area contributed by atoms with E-state index in [0.29, 0.717) is 30.8 Å². The van der Waals surface area contributed by atoms with E-state index in [2.05, 4.69) is 16.7 Å². The summed E-state index contributed by atoms with van der Waals surface area (Å²) in [6.45, 7) is 3.35. The Morgan fingerprint density at radius 3 is 2.90 bits per heavy atom. The van der Waals surface area contributed by atoms with Crippen LogP contribution < -0.4 is 0 Å². The fourth-order valence-corrected chi connectivity index (χ4v) is 2.32. The minimum atomic E-state index is -0.306. The topological polar surface area (TPSA) is 52.9 Å². The number of benzene rings is 1. The van der Waals surface area contributed by atoms with Crippen LogP contribution in [-0.4, -0.2) is 53.6 Å². The van der Waals surface area contributed by atoms with E-state index in [1.54, 1.807) is 12.1 Å². The molecule has 2 atom stereocenters. The summed E-state index contributed by atoms with van der Waals surface area (Å²) in [5.41, 5.74) is 1.14. The third-order valence-electron chi connectivity index (χ3n) is 3.58. The van der Waals surface area contributed by atoms with E-state index >= 15 is 0 Å². The average Bonchev–Trinajstić information content (AvgIpc) is 2.49. The zero-order chi connectivity index (χ0) is 15.2. The summed E-state index contributed by atoms with van der Waals surface area (Å²) in [5.74, 6) is 4.88. The molecule has 1 aromatic carbocycles. The molecule has 1 saturated heterocycles. The first-order chi connectivity index (χ1) is 10.1. The van der Waals surface area contributed by atoms with Crippen molar-refractivity contribution in [3.8, 4) is 11.8 Å². The van der Waals surface area contributed by atoms with Gasteiger partial charge >= 0.3 is 0 Å². The molecule has 1 aromatic rings. The van der Waals surface area contributed by atoms with Crippen LogP contribution >= 0.6 is 0 Å². The molecule has 0 aliphatic carbocycles. The molecule has 2 N–H and O–H groups in total. The fourth-order valence-electron chi connectivity index (χ4n) is 2.32. The molecular weight excluding hydrogens is 273 g/mol. The second-order valence-corrected chi connectivity index (χ2v) is 5.18. The summed E-state index contributed by atoms with van der Waals surface area (Å²) in [6, 6.07) is 5.02. The molecule has 2 rings (SSSR count). The first-order valence-corrected chi connectivity index (χ1v) is 6.98. The molecule has 0 saturated carbocycles. The first-order valence-electron chi connectivity index (χ1n) is 6.98. The minimum absolute atomic E-state index is 0.0264. The standard InChI is InChI=1S/C16H20FNO3/c1-12-11-21-15(10-20)9-18(12)8-14-5-4-13(3-2-6-19)7-16(14)17/h4-5,7,12,15,19-20H,6,8-11H2,1H3. The second-order valence-electron chi connectivity index (χ2n) is 5.18. The largest absolute Gasteiger partial charge is 0.394 e. The van der Waals surface area contributed by atoms with Crippen LogP contribution in [0.25, 0.3) is 0 Å². The average molecular weight is 293 g/mol. The van der Waals surface area contributed by atoms with E-state index in [9.17, 15) is 9.50 Å². The Morgan fingerprint density at radius 2 is 2.24 bits per heavy atom. The Labute approximate surface area is 124 Å². The lowest BCUT2D eigenvalue weighted by Crippen LogP contribution is -2.48. The van der Waals surface area contributed by atoms with Gasteiger partial charge < -0.3 is 14.9 Å². The van der Waals surface area contributed by atoms with Crippen LogP contribution in [-0.2, 0) is 11.3 Å². The maximum absolute atomic E-state index is 14.1. The van der Waals surface area contributed by atoms with Crippen molar-refractivity contribution >= 4 is 0 Å². The van der Waals surface area contributed by atoms with Gasteiger partial charge in [0.25, 0.3) is 0 Å². The van der Waals surface area contributed by atoms with Crippen LogP contribution in [0.3, 0.4) is 0 Å². The quantitative estimate of drug-likeness (QED) is 0.808. The molecule has 21 heavy (non-hydrogen) atoms. The van der Waals surface area contributed by atoms with Crippen molar-refractivity contribution in [3.63, 3.8) is 0 Å². The zero-order valence-corrected chi connectivity index (χ0v) is 12.1. The van der Waals surface area contributed by atoms with Crippen molar-refractivity contribution in [1.29, 1.82) is 0 Å². The van der Waals surface area contributed by atoms with E-state index in [0.717, 1.165) is 0 Å². The van der Waals surface area contributed by atoms with Gasteiger partial charge in [0, 0.05) is 30.3 Å². The number of rotatable bonds is 3. The first kappa shape index (κ1) is 15.9. The van der Waals surface area contributed by atoms with Crippen molar-refractivity contribution in [2.75, 3.05) is 26.4 Å². The smallest absolute Gasteiger partial charge is 0.128 e. The Hall–Kier alpha value is -1.45. The predicted octanol–water partition coefficient (Wildman–Crippen LogP) is 0.751. The summed E-state index contributed by atoms with van der Waals surface area (Å²) in [4.78, 5) is 2.10. The lowest BCUT2D eigenvalue weighted by molar-refractivity contribution is -0.0807. The molecule has 4 nitrogen and oxygen atoms in total. The number of halogens is 1. The summed E-state index contributed by atoms with van der Waals surface area (Å²) >= 11 is 0. The second kappa shape index (κ2) is 7.53. The van der Waals surface area contributed by atoms with Crippen LogP contribution in [0, 0.1) is 17.7 Å². The number of aliphatic hydroxyl groups excluding tert-OH is 2. The lowest BCUT2D eigenvalue weighted by Gasteiger charge is -2.37. The van der Waals surface area contributed by atoms with Crippen LogP contribution in [0.1, 0.15) is 18.1 Å². The summed E-state index contributed by atoms with van der Waals surface area (Å²) in [5, 5.41) is 17.8. The van der Waals surface area contributed by atoms with Crippen LogP contribution in [0.15, 0.2) is 18.2 Å². The molecule has 0 radical (unpaired) electrons. The van der Waals surface area contributed by atoms with Gasteiger partial charge in [-0.1, -0.05) is 17.9 Å². The molecule has 2 unspecified atom stereocenters. The Kier molecular flexibility index (Phi) is 5.71. The lowest BCUT2D eigenvalue weighted by atomic mass is 10.1. The van der Waals surface area contributed by atoms with Gasteiger partial charge in [0.15, 0.2) is 0 Å². The highest BCUT2D eigenvalue weighted by atomic mass is 19.1. The third-order valence-corrected chi connectivity index (χ3v) is 3.58. The zero-order valence-electron chi connectivity index (χ0n) is 12.1. The Balaban J connectivity index is 2.08. The summed E-state index contributed by atoms with van der Waals surface area (Å²) in [7, 11) is 0. The van der Waals surface area contributed by atoms with Crippen molar-refractivity contribution in [2.24, 2.45) is 0 Å². The van der Waals surface area contributed by atoms with Crippen LogP contribution in [0.2, 0.25) is 0 Å². The van der Waals surface area contributed by atoms with Crippen molar-refractivity contribution in [1.82, 2.24) is 4.90 Å². The molecule has 5 heteroatoms. The number of nitrogens with zero attached hydrogens (tertiary/aromatic N) is 1. The molecule has 114 valence electrons. The Morgan fingerprint density at radius 1 is 1.43 bits per heavy atom. The number of hydrogen-bond donors (Lipinski definition) is 2. The van der Waals surface area contributed by atoms with Gasteiger partial charge in [-0.3, -0.25) is 4.90 Å². The molecule has 1 aliphatic heterocycles. The number of aliphatic hydroxyl groups is 2. The van der Waals surface area contributed by atoms with Gasteiger partial charge in [-0.2, -0.15) is 0 Å². The van der Waals surface area contributed by atoms with E-state index in [1.165, 1.54) is 6.07 Å². The van der Waals surface area contributed by atoms with Crippen molar-refractivity contribution in [3.05, 3.63) is 35.1 Å². The molecule has 1 heterocycles. The van der Waals surface area contributed by atoms with E-state index in [-0.39, 0.29) is 31.2 Å². The summed E-state index contributed by atoms with van der Waals surface area (Å²) < 4.78 is 19.6. The highest BCUT2D eigenvalue weighted by Crippen LogP contribution is 2.18. The fraction of sp³-hybridized carbons (Fsp3) is 0.500. The van der Waals surface area contributed by atoms with E-state index in [1.807, 2.05) is 6.92 Å². The maximum atomic E-state index is 14.1. The van der Waals surface area contributed by atoms with Crippen LogP contribution in [0.5, 0.6) is 0 Å². The molecule has 1 aliphatic rings. The highest BCUT2D eigenvalue weighted by molar-refractivity contribution is 5.37. The molecule has 0 bridgehead atoms. The number of morpholine rings is 1. The highest BCUT2D eigenvalue weighted by Gasteiger charge is 2.26. The van der Waals surface area contributed by atoms with Gasteiger partial charge in [0.1, 0.15) is 12.4 Å². The minimum Gasteiger partial charge on any atom is -0.394 e. The van der Waals surface area contributed by atoms with Crippen molar-refractivity contribution < 1.29 is 19.3 Å².